The van der Waals surface area contributed by atoms with Crippen molar-refractivity contribution in [3.05, 3.63) is 124 Å². The number of benzene rings is 4. The third-order valence-corrected chi connectivity index (χ3v) is 7.19. The summed E-state index contributed by atoms with van der Waals surface area (Å²) in [4.78, 5) is 4.82. The van der Waals surface area contributed by atoms with Gasteiger partial charge in [-0.15, -0.1) is 0 Å². The molecule has 1 aliphatic rings. The lowest BCUT2D eigenvalue weighted by Crippen LogP contribution is -2.24. The van der Waals surface area contributed by atoms with Gasteiger partial charge in [-0.1, -0.05) is 59.8 Å². The predicted octanol–water partition coefficient (Wildman–Crippen LogP) is 7.62. The Labute approximate surface area is 241 Å². The molecule has 0 radical (unpaired) electrons. The maximum atomic E-state index is 15.2. The van der Waals surface area contributed by atoms with E-state index in [9.17, 15) is 14.0 Å². The summed E-state index contributed by atoms with van der Waals surface area (Å²) in [5.74, 6) is -7.58. The minimum absolute atomic E-state index is 0.196. The molecule has 10 heteroatoms. The molecule has 1 aliphatic carbocycles. The molecule has 2 N–H and O–H groups in total. The maximum Gasteiger partial charge on any atom is 0.180 e. The minimum atomic E-state index is -1.91. The molecule has 5 aromatic rings. The van der Waals surface area contributed by atoms with E-state index in [0.29, 0.717) is 22.0 Å². The molecule has 6 nitrogen and oxygen atoms in total. The number of nitrogens with zero attached hydrogens (tertiary/aromatic N) is 4. The highest BCUT2D eigenvalue weighted by atomic mass is 19.2. The summed E-state index contributed by atoms with van der Waals surface area (Å²) < 4.78 is 59.7. The van der Waals surface area contributed by atoms with Crippen molar-refractivity contribution in [2.75, 3.05) is 0 Å². The highest BCUT2D eigenvalue weighted by molar-refractivity contribution is 6.65. The summed E-state index contributed by atoms with van der Waals surface area (Å²) in [6.07, 6.45) is 1.16. The van der Waals surface area contributed by atoms with Crippen LogP contribution in [0.1, 0.15) is 27.8 Å². The van der Waals surface area contributed by atoms with Gasteiger partial charge in [0.2, 0.25) is 0 Å². The molecule has 0 amide bonds. The molecule has 1 heterocycles. The number of hydrogen-bond acceptors (Lipinski definition) is 6. The maximum absolute atomic E-state index is 15.2. The van der Waals surface area contributed by atoms with Gasteiger partial charge < -0.3 is 5.21 Å². The number of rotatable bonds is 3. The SMILES string of the molecule is N#Cc1ccc(-c2ccc3c4c(c(-c5ccccc5)nc3c2)C=C(c2c(F)c(F)c(C#N)c(F)c2F)/C(=N/O)C4=N)cc1. The average Bonchev–Trinajstić information content (AvgIpc) is 3.04. The van der Waals surface area contributed by atoms with Crippen LogP contribution in [0.5, 0.6) is 0 Å². The highest BCUT2D eigenvalue weighted by Gasteiger charge is 2.35. The zero-order valence-corrected chi connectivity index (χ0v) is 21.8. The van der Waals surface area contributed by atoms with Gasteiger partial charge in [-0.2, -0.15) is 10.5 Å². The molecule has 206 valence electrons. The molecule has 0 saturated heterocycles. The Balaban J connectivity index is 1.68. The standard InChI is InChI=1S/C33H15F4N5O/c34-27-23(15-39)28(35)30(37)26(29(27)36)22-13-21-25(31(40)33(22)42-43)20-11-10-19(17-8-6-16(14-38)7-9-17)12-24(20)41-32(21)18-4-2-1-3-5-18/h1-13,40,43H/b40-31?,42-33-. The van der Waals surface area contributed by atoms with Crippen molar-refractivity contribution in [3.63, 3.8) is 0 Å². The number of nitrogens with one attached hydrogen (secondary N) is 1. The van der Waals surface area contributed by atoms with Crippen molar-refractivity contribution in [1.29, 1.82) is 15.9 Å². The first-order valence-corrected chi connectivity index (χ1v) is 12.6. The number of hydrogen-bond donors (Lipinski definition) is 2. The Morgan fingerprint density at radius 1 is 0.744 bits per heavy atom. The zero-order chi connectivity index (χ0) is 30.4. The van der Waals surface area contributed by atoms with Gasteiger partial charge >= 0.3 is 0 Å². The highest BCUT2D eigenvalue weighted by Crippen LogP contribution is 2.41. The number of halogens is 4. The van der Waals surface area contributed by atoms with Crippen LogP contribution in [0.15, 0.2) is 78.0 Å². The molecule has 0 unspecified atom stereocenters. The van der Waals surface area contributed by atoms with Crippen LogP contribution in [0.25, 0.3) is 44.9 Å². The van der Waals surface area contributed by atoms with Gasteiger partial charge in [-0.25, -0.2) is 22.5 Å². The minimum Gasteiger partial charge on any atom is -0.410 e. The zero-order valence-electron chi connectivity index (χ0n) is 21.8. The number of fused-ring (bicyclic) bond motifs is 3. The Kier molecular flexibility index (Phi) is 6.52. The molecule has 0 spiro atoms. The van der Waals surface area contributed by atoms with Crippen molar-refractivity contribution in [2.24, 2.45) is 5.16 Å². The average molecular weight is 574 g/mol. The van der Waals surface area contributed by atoms with Gasteiger partial charge in [0.15, 0.2) is 23.3 Å². The summed E-state index contributed by atoms with van der Waals surface area (Å²) in [5, 5.41) is 40.5. The fourth-order valence-corrected chi connectivity index (χ4v) is 5.15. The lowest BCUT2D eigenvalue weighted by Gasteiger charge is -2.24. The van der Waals surface area contributed by atoms with E-state index < -0.39 is 51.4 Å². The quantitative estimate of drug-likeness (QED) is 0.0999. The van der Waals surface area contributed by atoms with E-state index in [4.69, 9.17) is 20.9 Å². The van der Waals surface area contributed by atoms with Gasteiger partial charge in [0.25, 0.3) is 0 Å². The third-order valence-electron chi connectivity index (χ3n) is 7.19. The summed E-state index contributed by atoms with van der Waals surface area (Å²) in [5.41, 5.74) is -0.658. The summed E-state index contributed by atoms with van der Waals surface area (Å²) in [7, 11) is 0. The van der Waals surface area contributed by atoms with E-state index in [-0.39, 0.29) is 16.8 Å². The smallest absolute Gasteiger partial charge is 0.180 e. The van der Waals surface area contributed by atoms with Crippen LogP contribution in [-0.2, 0) is 0 Å². The molecule has 0 atom stereocenters. The third kappa shape index (κ3) is 4.21. The van der Waals surface area contributed by atoms with Crippen molar-refractivity contribution < 1.29 is 22.8 Å². The van der Waals surface area contributed by atoms with Crippen LogP contribution in [-0.4, -0.2) is 21.6 Å². The molecule has 0 saturated carbocycles. The fourth-order valence-electron chi connectivity index (χ4n) is 5.15. The van der Waals surface area contributed by atoms with Crippen molar-refractivity contribution in [2.45, 2.75) is 0 Å². The van der Waals surface area contributed by atoms with Crippen molar-refractivity contribution >= 4 is 34.0 Å². The molecule has 4 aromatic carbocycles. The van der Waals surface area contributed by atoms with Gasteiger partial charge in [-0.3, -0.25) is 5.41 Å². The normalized spacial score (nSPS) is 13.4. The van der Waals surface area contributed by atoms with Crippen molar-refractivity contribution in [1.82, 2.24) is 4.98 Å². The van der Waals surface area contributed by atoms with Crippen molar-refractivity contribution in [3.8, 4) is 34.5 Å². The van der Waals surface area contributed by atoms with E-state index in [2.05, 4.69) is 11.2 Å². The molecule has 6 rings (SSSR count). The van der Waals surface area contributed by atoms with E-state index in [1.54, 1.807) is 72.8 Å². The van der Waals surface area contributed by atoms with Crippen LogP contribution in [0.2, 0.25) is 0 Å². The van der Waals surface area contributed by atoms with Crippen LogP contribution in [0, 0.1) is 51.3 Å². The van der Waals surface area contributed by atoms with Gasteiger partial charge in [0, 0.05) is 27.6 Å². The first kappa shape index (κ1) is 27.1. The Morgan fingerprint density at radius 2 is 1.40 bits per heavy atom. The molecule has 0 bridgehead atoms. The first-order chi connectivity index (χ1) is 20.8. The van der Waals surface area contributed by atoms with Crippen LogP contribution < -0.4 is 0 Å². The predicted molar refractivity (Wildman–Crippen MR) is 152 cm³/mol. The van der Waals surface area contributed by atoms with Crippen LogP contribution in [0.3, 0.4) is 0 Å². The Bertz CT molecular complexity index is 2130. The van der Waals surface area contributed by atoms with E-state index in [0.717, 1.165) is 23.3 Å². The van der Waals surface area contributed by atoms with Crippen LogP contribution >= 0.6 is 0 Å². The lowest BCUT2D eigenvalue weighted by atomic mass is 9.81. The summed E-state index contributed by atoms with van der Waals surface area (Å²) in [6, 6.07) is 24.0. The number of nitriles is 2. The van der Waals surface area contributed by atoms with E-state index in [1.165, 1.54) is 0 Å². The monoisotopic (exact) mass is 573 g/mol. The molecule has 1 aromatic heterocycles. The second kappa shape index (κ2) is 10.4. The number of aromatic nitrogens is 1. The number of pyridine rings is 1. The molecule has 0 fully saturated rings. The largest absolute Gasteiger partial charge is 0.410 e. The fraction of sp³-hybridized carbons (Fsp3) is 0. The Hall–Kier alpha value is -6.13. The molecule has 0 aliphatic heterocycles. The second-order valence-corrected chi connectivity index (χ2v) is 9.54. The van der Waals surface area contributed by atoms with Gasteiger partial charge in [-0.05, 0) is 35.4 Å². The molecule has 43 heavy (non-hydrogen) atoms. The Morgan fingerprint density at radius 3 is 2.00 bits per heavy atom. The lowest BCUT2D eigenvalue weighted by molar-refractivity contribution is 0.321. The summed E-state index contributed by atoms with van der Waals surface area (Å²) >= 11 is 0. The first-order valence-electron chi connectivity index (χ1n) is 12.6. The molecular weight excluding hydrogens is 558 g/mol. The van der Waals surface area contributed by atoms with E-state index >= 15 is 8.78 Å². The summed E-state index contributed by atoms with van der Waals surface area (Å²) in [6.45, 7) is 0. The van der Waals surface area contributed by atoms with Gasteiger partial charge in [0.1, 0.15) is 17.3 Å². The van der Waals surface area contributed by atoms with Gasteiger partial charge in [0.05, 0.1) is 34.1 Å². The molecular formula is C33H15F4N5O. The number of oxime groups is 1. The number of allylic oxidation sites excluding steroid dienone is 1. The topological polar surface area (TPSA) is 117 Å². The van der Waals surface area contributed by atoms with Crippen LogP contribution in [0.4, 0.5) is 17.6 Å². The van der Waals surface area contributed by atoms with E-state index in [1.807, 2.05) is 0 Å². The second-order valence-electron chi connectivity index (χ2n) is 9.54.